The molecule has 0 bridgehead atoms. The van der Waals surface area contributed by atoms with E-state index in [9.17, 15) is 0 Å². The summed E-state index contributed by atoms with van der Waals surface area (Å²) in [6.45, 7) is 0.985. The van der Waals surface area contributed by atoms with Crippen LogP contribution >= 0.6 is 11.5 Å². The van der Waals surface area contributed by atoms with Gasteiger partial charge in [0.15, 0.2) is 12.7 Å². The third-order valence-electron chi connectivity index (χ3n) is 1.71. The van der Waals surface area contributed by atoms with Gasteiger partial charge in [-0.2, -0.15) is 0 Å². The first-order valence-electron chi connectivity index (χ1n) is 3.92. The lowest BCUT2D eigenvalue weighted by Gasteiger charge is -1.91. The predicted octanol–water partition coefficient (Wildman–Crippen LogP) is -0.912. The zero-order chi connectivity index (χ0) is 8.23. The van der Waals surface area contributed by atoms with Crippen LogP contribution in [-0.2, 0) is 6.54 Å². The molecular formula is C10H10INS. The molecule has 68 valence electrons. The molecule has 0 aliphatic heterocycles. The summed E-state index contributed by atoms with van der Waals surface area (Å²) in [5, 5.41) is 2.09. The largest absolute Gasteiger partial charge is 1.00 e. The zero-order valence-corrected chi connectivity index (χ0v) is 10.0. The van der Waals surface area contributed by atoms with Gasteiger partial charge in [0.2, 0.25) is 0 Å². The van der Waals surface area contributed by atoms with Crippen LogP contribution in [0.5, 0.6) is 0 Å². The van der Waals surface area contributed by atoms with E-state index < -0.39 is 0 Å². The Kier molecular flexibility index (Phi) is 4.38. The number of rotatable bonds is 2. The molecule has 2 aromatic rings. The highest BCUT2D eigenvalue weighted by Gasteiger charge is 2.01. The van der Waals surface area contributed by atoms with Crippen molar-refractivity contribution in [3.05, 3.63) is 53.5 Å². The first kappa shape index (κ1) is 10.7. The average molecular weight is 303 g/mol. The first-order chi connectivity index (χ1) is 5.95. The summed E-state index contributed by atoms with van der Waals surface area (Å²) in [5.74, 6) is 0. The predicted molar refractivity (Wildman–Crippen MR) is 50.1 cm³/mol. The molecule has 0 unspecified atom stereocenters. The molecule has 1 heterocycles. The Morgan fingerprint density at radius 1 is 1.08 bits per heavy atom. The third-order valence-corrected chi connectivity index (χ3v) is 2.51. The Labute approximate surface area is 99.2 Å². The molecule has 0 fully saturated rings. The van der Waals surface area contributed by atoms with Crippen molar-refractivity contribution in [3.8, 4) is 0 Å². The van der Waals surface area contributed by atoms with Gasteiger partial charge in [-0.15, -0.1) is 3.96 Å². The van der Waals surface area contributed by atoms with Gasteiger partial charge in [-0.3, -0.25) is 0 Å². The molecule has 3 heteroatoms. The second kappa shape index (κ2) is 5.34. The van der Waals surface area contributed by atoms with Gasteiger partial charge in [0.25, 0.3) is 0 Å². The molecule has 0 radical (unpaired) electrons. The van der Waals surface area contributed by atoms with Gasteiger partial charge >= 0.3 is 0 Å². The lowest BCUT2D eigenvalue weighted by Crippen LogP contribution is -3.00. The number of halogens is 1. The van der Waals surface area contributed by atoms with Crippen LogP contribution in [0.3, 0.4) is 0 Å². The fourth-order valence-corrected chi connectivity index (χ4v) is 1.79. The molecule has 1 aromatic carbocycles. The summed E-state index contributed by atoms with van der Waals surface area (Å²) in [5.41, 5.74) is 1.35. The minimum absolute atomic E-state index is 0. The summed E-state index contributed by atoms with van der Waals surface area (Å²) >= 11 is 1.73. The van der Waals surface area contributed by atoms with Gasteiger partial charge < -0.3 is 24.0 Å². The van der Waals surface area contributed by atoms with E-state index >= 15 is 0 Å². The fraction of sp³-hybridized carbons (Fsp3) is 0.100. The summed E-state index contributed by atoms with van der Waals surface area (Å²) in [7, 11) is 0. The van der Waals surface area contributed by atoms with Crippen molar-refractivity contribution < 1.29 is 27.9 Å². The monoisotopic (exact) mass is 303 g/mol. The third kappa shape index (κ3) is 3.08. The van der Waals surface area contributed by atoms with Crippen LogP contribution in [0, 0.1) is 0 Å². The van der Waals surface area contributed by atoms with E-state index in [0.717, 1.165) is 6.54 Å². The van der Waals surface area contributed by atoms with Crippen molar-refractivity contribution >= 4 is 11.5 Å². The maximum absolute atomic E-state index is 2.20. The molecule has 0 aliphatic rings. The molecule has 1 nitrogen and oxygen atoms in total. The maximum Gasteiger partial charge on any atom is 0.187 e. The number of benzene rings is 1. The van der Waals surface area contributed by atoms with Gasteiger partial charge in [0, 0.05) is 11.6 Å². The Morgan fingerprint density at radius 3 is 2.46 bits per heavy atom. The van der Waals surface area contributed by atoms with Crippen LogP contribution < -0.4 is 27.9 Å². The standard InChI is InChI=1S/C10H10NS.HI/c1-2-5-10(6-3-1)9-11-7-4-8-12-11;/h1-8H,9H2;1H/q+1;/p-1. The van der Waals surface area contributed by atoms with Crippen molar-refractivity contribution in [1.82, 2.24) is 0 Å². The van der Waals surface area contributed by atoms with E-state index in [2.05, 4.69) is 45.9 Å². The Morgan fingerprint density at radius 2 is 1.85 bits per heavy atom. The maximum atomic E-state index is 2.20. The number of aromatic nitrogens is 1. The van der Waals surface area contributed by atoms with Crippen LogP contribution in [0.15, 0.2) is 48.0 Å². The molecule has 0 saturated carbocycles. The Bertz CT molecular complexity index is 331. The van der Waals surface area contributed by atoms with E-state index in [1.54, 1.807) is 11.5 Å². The van der Waals surface area contributed by atoms with E-state index in [1.807, 2.05) is 6.07 Å². The average Bonchev–Trinajstić information content (AvgIpc) is 2.59. The molecule has 0 amide bonds. The lowest BCUT2D eigenvalue weighted by atomic mass is 10.2. The molecule has 0 spiro atoms. The Balaban J connectivity index is 0.000000845. The molecule has 0 aliphatic carbocycles. The molecule has 0 saturated heterocycles. The molecule has 2 rings (SSSR count). The fourth-order valence-electron chi connectivity index (χ4n) is 1.13. The number of hydrogen-bond donors (Lipinski definition) is 0. The van der Waals surface area contributed by atoms with Gasteiger partial charge in [0.1, 0.15) is 11.5 Å². The SMILES string of the molecule is [I-].c1ccc(C[n+]2cccs2)cc1. The van der Waals surface area contributed by atoms with Crippen molar-refractivity contribution in [2.75, 3.05) is 0 Å². The van der Waals surface area contributed by atoms with Gasteiger partial charge in [-0.25, -0.2) is 0 Å². The smallest absolute Gasteiger partial charge is 0.187 e. The molecule has 13 heavy (non-hydrogen) atoms. The quantitative estimate of drug-likeness (QED) is 0.499. The lowest BCUT2D eigenvalue weighted by molar-refractivity contribution is -0.619. The Hall–Kier alpha value is -0.420. The minimum Gasteiger partial charge on any atom is -1.00 e. The summed E-state index contributed by atoms with van der Waals surface area (Å²) in [6.07, 6.45) is 2.09. The second-order valence-electron chi connectivity index (χ2n) is 2.64. The minimum atomic E-state index is 0. The van der Waals surface area contributed by atoms with Gasteiger partial charge in [0.05, 0.1) is 5.38 Å². The highest BCUT2D eigenvalue weighted by molar-refractivity contribution is 6.99. The van der Waals surface area contributed by atoms with E-state index in [1.165, 1.54) is 5.56 Å². The van der Waals surface area contributed by atoms with Crippen molar-refractivity contribution in [2.45, 2.75) is 6.54 Å². The summed E-state index contributed by atoms with van der Waals surface area (Å²) in [4.78, 5) is 0. The van der Waals surface area contributed by atoms with Crippen molar-refractivity contribution in [3.63, 3.8) is 0 Å². The molecule has 0 atom stereocenters. The second-order valence-corrected chi connectivity index (χ2v) is 3.60. The van der Waals surface area contributed by atoms with Crippen LogP contribution in [0.2, 0.25) is 0 Å². The highest BCUT2D eigenvalue weighted by Crippen LogP contribution is 1.98. The highest BCUT2D eigenvalue weighted by atomic mass is 127. The van der Waals surface area contributed by atoms with Crippen molar-refractivity contribution in [2.24, 2.45) is 0 Å². The topological polar surface area (TPSA) is 3.88 Å². The van der Waals surface area contributed by atoms with Gasteiger partial charge in [-0.05, 0) is 0 Å². The normalized spacial score (nSPS) is 9.23. The summed E-state index contributed by atoms with van der Waals surface area (Å²) < 4.78 is 2.20. The first-order valence-corrected chi connectivity index (χ1v) is 4.76. The van der Waals surface area contributed by atoms with E-state index in [-0.39, 0.29) is 24.0 Å². The molecule has 0 N–H and O–H groups in total. The van der Waals surface area contributed by atoms with Gasteiger partial charge in [-0.1, -0.05) is 30.3 Å². The van der Waals surface area contributed by atoms with Crippen LogP contribution in [0.1, 0.15) is 5.56 Å². The van der Waals surface area contributed by atoms with E-state index in [0.29, 0.717) is 0 Å². The van der Waals surface area contributed by atoms with E-state index in [4.69, 9.17) is 0 Å². The molecular weight excluding hydrogens is 293 g/mol. The number of nitrogens with zero attached hydrogens (tertiary/aromatic N) is 1. The van der Waals surface area contributed by atoms with Crippen LogP contribution in [0.25, 0.3) is 0 Å². The molecule has 1 aromatic heterocycles. The summed E-state index contributed by atoms with van der Waals surface area (Å²) in [6, 6.07) is 12.5. The zero-order valence-electron chi connectivity index (χ0n) is 7.06. The van der Waals surface area contributed by atoms with Crippen LogP contribution in [0.4, 0.5) is 0 Å². The van der Waals surface area contributed by atoms with Crippen molar-refractivity contribution in [1.29, 1.82) is 0 Å². The van der Waals surface area contributed by atoms with Crippen LogP contribution in [-0.4, -0.2) is 0 Å². The number of hydrogen-bond acceptors (Lipinski definition) is 1.